The van der Waals surface area contributed by atoms with Gasteiger partial charge in [-0.1, -0.05) is 13.8 Å². The van der Waals surface area contributed by atoms with Crippen LogP contribution in [0.15, 0.2) is 29.2 Å². The fourth-order valence-corrected chi connectivity index (χ4v) is 3.58. The molecule has 24 heavy (non-hydrogen) atoms. The maximum Gasteiger partial charge on any atom is 0.251 e. The highest BCUT2D eigenvalue weighted by Crippen LogP contribution is 2.13. The van der Waals surface area contributed by atoms with Crippen molar-refractivity contribution in [3.8, 4) is 0 Å². The van der Waals surface area contributed by atoms with Gasteiger partial charge in [0.1, 0.15) is 0 Å². The molecule has 2 N–H and O–H groups in total. The highest BCUT2D eigenvalue weighted by Gasteiger charge is 2.13. The van der Waals surface area contributed by atoms with Crippen molar-refractivity contribution < 1.29 is 9.00 Å². The van der Waals surface area contributed by atoms with Crippen LogP contribution in [0.4, 0.5) is 0 Å². The van der Waals surface area contributed by atoms with Crippen molar-refractivity contribution in [3.05, 3.63) is 40.4 Å². The summed E-state index contributed by atoms with van der Waals surface area (Å²) in [5, 5.41) is 9.77. The summed E-state index contributed by atoms with van der Waals surface area (Å²) in [6.45, 7) is 8.09. The van der Waals surface area contributed by atoms with E-state index in [0.717, 1.165) is 4.90 Å². The van der Waals surface area contributed by atoms with E-state index in [2.05, 4.69) is 15.5 Å². The molecule has 0 saturated heterocycles. The Hall–Kier alpha value is -1.80. The van der Waals surface area contributed by atoms with Gasteiger partial charge in [-0.25, -0.2) is 0 Å². The summed E-state index contributed by atoms with van der Waals surface area (Å²) in [6, 6.07) is 6.99. The summed E-state index contributed by atoms with van der Waals surface area (Å²) in [6.07, 6.45) is 0. The van der Waals surface area contributed by atoms with Gasteiger partial charge in [-0.3, -0.25) is 14.1 Å². The minimum atomic E-state index is -1.06. The number of nitrogens with zero attached hydrogens (tertiary/aromatic N) is 2. The quantitative estimate of drug-likeness (QED) is 0.770. The average Bonchev–Trinajstić information content (AvgIpc) is 2.92. The molecule has 2 aromatic rings. The van der Waals surface area contributed by atoms with Gasteiger partial charge in [0.15, 0.2) is 10.6 Å². The molecular formula is C16H22N4O2S2. The van der Waals surface area contributed by atoms with E-state index < -0.39 is 10.8 Å². The molecule has 1 aromatic carbocycles. The Kier molecular flexibility index (Phi) is 6.06. The first-order chi connectivity index (χ1) is 11.3. The topological polar surface area (TPSA) is 79.8 Å². The normalized spacial score (nSPS) is 12.6. The molecule has 1 unspecified atom stereocenters. The monoisotopic (exact) mass is 366 g/mol. The number of benzene rings is 1. The summed E-state index contributed by atoms with van der Waals surface area (Å²) in [7, 11) is -1.06. The first-order valence-corrected chi connectivity index (χ1v) is 9.38. The van der Waals surface area contributed by atoms with E-state index in [1.807, 2.05) is 32.3 Å². The summed E-state index contributed by atoms with van der Waals surface area (Å²) in [4.78, 5) is 13.0. The van der Waals surface area contributed by atoms with Crippen LogP contribution in [0.5, 0.6) is 0 Å². The number of hydrogen-bond acceptors (Lipinski definition) is 4. The second kappa shape index (κ2) is 7.85. The van der Waals surface area contributed by atoms with Gasteiger partial charge in [-0.15, -0.1) is 0 Å². The molecule has 0 fully saturated rings. The summed E-state index contributed by atoms with van der Waals surface area (Å²) < 4.78 is 14.4. The first kappa shape index (κ1) is 18.5. The molecule has 0 saturated carbocycles. The van der Waals surface area contributed by atoms with Crippen molar-refractivity contribution in [2.75, 3.05) is 0 Å². The third-order valence-electron chi connectivity index (χ3n) is 3.48. The Morgan fingerprint density at radius 3 is 2.46 bits per heavy atom. The maximum absolute atomic E-state index is 12.3. The van der Waals surface area contributed by atoms with Crippen LogP contribution in [0, 0.1) is 4.77 Å². The van der Waals surface area contributed by atoms with Crippen LogP contribution in [0.1, 0.15) is 49.9 Å². The highest BCUT2D eigenvalue weighted by atomic mass is 32.2. The van der Waals surface area contributed by atoms with Crippen molar-refractivity contribution in [2.24, 2.45) is 0 Å². The number of nitrogens with one attached hydrogen (secondary N) is 2. The predicted octanol–water partition coefficient (Wildman–Crippen LogP) is 2.97. The molecule has 1 aromatic heterocycles. The zero-order chi connectivity index (χ0) is 17.9. The van der Waals surface area contributed by atoms with E-state index in [9.17, 15) is 9.00 Å². The van der Waals surface area contributed by atoms with E-state index in [-0.39, 0.29) is 23.7 Å². The Labute approximate surface area is 149 Å². The fourth-order valence-electron chi connectivity index (χ4n) is 2.27. The smallest absolute Gasteiger partial charge is 0.251 e. The van der Waals surface area contributed by atoms with E-state index in [4.69, 9.17) is 12.2 Å². The number of carbonyl (C=O) groups is 1. The number of rotatable bonds is 6. The van der Waals surface area contributed by atoms with Gasteiger partial charge in [-0.05, 0) is 50.3 Å². The predicted molar refractivity (Wildman–Crippen MR) is 97.0 cm³/mol. The van der Waals surface area contributed by atoms with Crippen molar-refractivity contribution >= 4 is 28.9 Å². The van der Waals surface area contributed by atoms with Crippen molar-refractivity contribution in [1.29, 1.82) is 0 Å². The maximum atomic E-state index is 12.3. The lowest BCUT2D eigenvalue weighted by Crippen LogP contribution is -2.25. The summed E-state index contributed by atoms with van der Waals surface area (Å²) in [5.41, 5.74) is 0.518. The zero-order valence-electron chi connectivity index (χ0n) is 14.2. The molecule has 6 nitrogen and oxygen atoms in total. The Morgan fingerprint density at radius 2 is 1.92 bits per heavy atom. The van der Waals surface area contributed by atoms with Crippen LogP contribution in [0.25, 0.3) is 0 Å². The number of hydrogen-bond donors (Lipinski definition) is 2. The second-order valence-corrected chi connectivity index (χ2v) is 8.36. The molecule has 0 aliphatic carbocycles. The molecule has 2 rings (SSSR count). The molecule has 0 bridgehead atoms. The van der Waals surface area contributed by atoms with Crippen molar-refractivity contribution in [1.82, 2.24) is 20.1 Å². The molecule has 0 aliphatic rings. The molecule has 8 heteroatoms. The molecule has 0 aliphatic heterocycles. The SMILES string of the molecule is CC(C)n1c(CNC(=O)c2ccc(S(=O)C(C)C)cc2)n[nH]c1=S. The molecular weight excluding hydrogens is 344 g/mol. The molecule has 130 valence electrons. The van der Waals surface area contributed by atoms with Crippen LogP contribution in [0.3, 0.4) is 0 Å². The molecule has 0 radical (unpaired) electrons. The van der Waals surface area contributed by atoms with Crippen LogP contribution < -0.4 is 5.32 Å². The van der Waals surface area contributed by atoms with Gasteiger partial charge in [0.25, 0.3) is 5.91 Å². The van der Waals surface area contributed by atoms with Gasteiger partial charge in [0, 0.05) is 21.8 Å². The van der Waals surface area contributed by atoms with Crippen LogP contribution in [0.2, 0.25) is 0 Å². The summed E-state index contributed by atoms with van der Waals surface area (Å²) in [5.74, 6) is 0.474. The largest absolute Gasteiger partial charge is 0.345 e. The van der Waals surface area contributed by atoms with Gasteiger partial charge in [0.05, 0.1) is 17.3 Å². The summed E-state index contributed by atoms with van der Waals surface area (Å²) >= 11 is 5.19. The lowest BCUT2D eigenvalue weighted by molar-refractivity contribution is 0.0949. The van der Waals surface area contributed by atoms with Crippen molar-refractivity contribution in [3.63, 3.8) is 0 Å². The number of carbonyl (C=O) groups excluding carboxylic acids is 1. The van der Waals surface area contributed by atoms with Gasteiger partial charge < -0.3 is 9.88 Å². The number of aromatic amines is 1. The van der Waals surface area contributed by atoms with Gasteiger partial charge in [0.2, 0.25) is 0 Å². The standard InChI is InChI=1S/C16H22N4O2S2/c1-10(2)20-14(18-19-16(20)23)9-17-15(21)12-5-7-13(8-6-12)24(22)11(3)4/h5-8,10-11H,9H2,1-4H3,(H,17,21)(H,19,23). The van der Waals surface area contributed by atoms with Crippen molar-refractivity contribution in [2.45, 2.75) is 50.4 Å². The first-order valence-electron chi connectivity index (χ1n) is 7.76. The average molecular weight is 367 g/mol. The van der Waals surface area contributed by atoms with E-state index in [1.165, 1.54) is 0 Å². The van der Waals surface area contributed by atoms with E-state index in [0.29, 0.717) is 16.2 Å². The zero-order valence-corrected chi connectivity index (χ0v) is 15.8. The highest BCUT2D eigenvalue weighted by molar-refractivity contribution is 7.85. The van der Waals surface area contributed by atoms with Crippen LogP contribution in [-0.2, 0) is 17.3 Å². The number of aromatic nitrogens is 3. The number of amides is 1. The van der Waals surface area contributed by atoms with E-state index >= 15 is 0 Å². The van der Waals surface area contributed by atoms with Crippen LogP contribution >= 0.6 is 12.2 Å². The molecule has 1 atom stereocenters. The molecule has 1 amide bonds. The minimum Gasteiger partial charge on any atom is -0.345 e. The Bertz CT molecular complexity index is 791. The third-order valence-corrected chi connectivity index (χ3v) is 5.36. The minimum absolute atomic E-state index is 0.0448. The lowest BCUT2D eigenvalue weighted by atomic mass is 10.2. The van der Waals surface area contributed by atoms with Gasteiger partial charge in [-0.2, -0.15) is 5.10 Å². The van der Waals surface area contributed by atoms with Gasteiger partial charge >= 0.3 is 0 Å². The fraction of sp³-hybridized carbons (Fsp3) is 0.438. The lowest BCUT2D eigenvalue weighted by Gasteiger charge is -2.11. The Morgan fingerprint density at radius 1 is 1.29 bits per heavy atom. The molecule has 0 spiro atoms. The second-order valence-electron chi connectivity index (χ2n) is 5.96. The Balaban J connectivity index is 2.06. The molecule has 1 heterocycles. The number of H-pyrrole nitrogens is 1. The van der Waals surface area contributed by atoms with E-state index in [1.54, 1.807) is 24.3 Å². The van der Waals surface area contributed by atoms with Crippen LogP contribution in [-0.4, -0.2) is 30.1 Å². The third kappa shape index (κ3) is 4.18.